The van der Waals surface area contributed by atoms with Gasteiger partial charge >= 0.3 is 0 Å². The van der Waals surface area contributed by atoms with Crippen LogP contribution >= 0.6 is 0 Å². The van der Waals surface area contributed by atoms with Crippen molar-refractivity contribution in [1.29, 1.82) is 0 Å². The van der Waals surface area contributed by atoms with Crippen LogP contribution in [-0.4, -0.2) is 31.1 Å². The molecular weight excluding hydrogens is 260 g/mol. The summed E-state index contributed by atoms with van der Waals surface area (Å²) in [5.41, 5.74) is 0.972. The maximum Gasteiger partial charge on any atom is 0.134 e. The van der Waals surface area contributed by atoms with Gasteiger partial charge in [-0.3, -0.25) is 0 Å². The quantitative estimate of drug-likeness (QED) is 0.738. The summed E-state index contributed by atoms with van der Waals surface area (Å²) < 4.78 is 5.89. The lowest BCUT2D eigenvalue weighted by molar-refractivity contribution is 0.267. The Labute approximate surface area is 128 Å². The lowest BCUT2D eigenvalue weighted by Gasteiger charge is -2.20. The van der Waals surface area contributed by atoms with E-state index in [-0.39, 0.29) is 6.04 Å². The summed E-state index contributed by atoms with van der Waals surface area (Å²) >= 11 is 0. The molecule has 1 N–H and O–H groups in total. The summed E-state index contributed by atoms with van der Waals surface area (Å²) in [5.74, 6) is 1.02. The van der Waals surface area contributed by atoms with Crippen LogP contribution < -0.4 is 5.32 Å². The summed E-state index contributed by atoms with van der Waals surface area (Å²) in [6, 6.07) is 11.2. The highest BCUT2D eigenvalue weighted by molar-refractivity contribution is 5.77. The molecule has 0 fully saturated rings. The lowest BCUT2D eigenvalue weighted by Crippen LogP contribution is -2.28. The molecule has 0 bridgehead atoms. The minimum absolute atomic E-state index is 0.264. The molecule has 1 aromatic heterocycles. The fourth-order valence-corrected chi connectivity index (χ4v) is 2.38. The van der Waals surface area contributed by atoms with Crippen molar-refractivity contribution in [2.24, 2.45) is 0 Å². The molecule has 3 heteroatoms. The molecule has 0 spiro atoms. The van der Waals surface area contributed by atoms with E-state index in [2.05, 4.69) is 50.2 Å². The van der Waals surface area contributed by atoms with Crippen LogP contribution in [0.25, 0.3) is 11.0 Å². The third-order valence-corrected chi connectivity index (χ3v) is 4.14. The van der Waals surface area contributed by atoms with Crippen molar-refractivity contribution in [3.8, 4) is 0 Å². The van der Waals surface area contributed by atoms with Gasteiger partial charge in [-0.15, -0.1) is 0 Å². The Morgan fingerprint density at radius 2 is 1.90 bits per heavy atom. The van der Waals surface area contributed by atoms with Gasteiger partial charge in [0.05, 0.1) is 6.04 Å². The van der Waals surface area contributed by atoms with Gasteiger partial charge in [0.2, 0.25) is 0 Å². The van der Waals surface area contributed by atoms with E-state index in [0.717, 1.165) is 17.9 Å². The zero-order chi connectivity index (χ0) is 15.2. The minimum Gasteiger partial charge on any atom is -0.459 e. The molecule has 0 aliphatic heterocycles. The third kappa shape index (κ3) is 4.58. The highest BCUT2D eigenvalue weighted by Crippen LogP contribution is 2.23. The van der Waals surface area contributed by atoms with E-state index in [1.165, 1.54) is 24.8 Å². The number of unbranched alkanes of at least 4 members (excludes halogenated alkanes) is 1. The first kappa shape index (κ1) is 16.1. The Balaban J connectivity index is 1.73. The number of benzene rings is 1. The van der Waals surface area contributed by atoms with E-state index in [1.54, 1.807) is 0 Å². The lowest BCUT2D eigenvalue weighted by atomic mass is 10.2. The molecule has 0 radical (unpaired) electrons. The normalized spacial score (nSPS) is 13.4. The van der Waals surface area contributed by atoms with Crippen molar-refractivity contribution >= 4 is 11.0 Å². The number of furan rings is 1. The van der Waals surface area contributed by atoms with Crippen molar-refractivity contribution in [3.63, 3.8) is 0 Å². The highest BCUT2D eigenvalue weighted by Gasteiger charge is 2.10. The van der Waals surface area contributed by atoms with Gasteiger partial charge in [0.25, 0.3) is 0 Å². The predicted octanol–water partition coefficient (Wildman–Crippen LogP) is 4.20. The van der Waals surface area contributed by atoms with Crippen LogP contribution in [0, 0.1) is 0 Å². The van der Waals surface area contributed by atoms with Crippen molar-refractivity contribution in [1.82, 2.24) is 10.2 Å². The van der Waals surface area contributed by atoms with Crippen molar-refractivity contribution < 1.29 is 4.42 Å². The Morgan fingerprint density at radius 3 is 2.62 bits per heavy atom. The maximum absolute atomic E-state index is 5.89. The average molecular weight is 288 g/mol. The van der Waals surface area contributed by atoms with Gasteiger partial charge in [0.1, 0.15) is 11.3 Å². The molecule has 0 aliphatic rings. The molecule has 1 unspecified atom stereocenters. The molecule has 3 nitrogen and oxygen atoms in total. The Bertz CT molecular complexity index is 514. The van der Waals surface area contributed by atoms with Crippen LogP contribution in [0.2, 0.25) is 0 Å². The highest BCUT2D eigenvalue weighted by atomic mass is 16.3. The fraction of sp³-hybridized carbons (Fsp3) is 0.556. The first-order valence-electron chi connectivity index (χ1n) is 8.00. The number of nitrogens with zero attached hydrogens (tertiary/aromatic N) is 1. The van der Waals surface area contributed by atoms with Crippen LogP contribution in [-0.2, 0) is 0 Å². The van der Waals surface area contributed by atoms with E-state index in [0.29, 0.717) is 6.04 Å². The molecule has 2 aromatic rings. The van der Waals surface area contributed by atoms with Crippen molar-refractivity contribution in [3.05, 3.63) is 36.1 Å². The largest absolute Gasteiger partial charge is 0.459 e. The molecule has 21 heavy (non-hydrogen) atoms. The molecule has 116 valence electrons. The van der Waals surface area contributed by atoms with Crippen LogP contribution in [0.5, 0.6) is 0 Å². The molecule has 1 heterocycles. The van der Waals surface area contributed by atoms with E-state index < -0.39 is 0 Å². The first-order valence-corrected chi connectivity index (χ1v) is 8.00. The molecule has 1 aromatic carbocycles. The van der Waals surface area contributed by atoms with Crippen LogP contribution in [0.3, 0.4) is 0 Å². The first-order chi connectivity index (χ1) is 10.1. The Morgan fingerprint density at radius 1 is 1.14 bits per heavy atom. The second kappa shape index (κ2) is 7.62. The van der Waals surface area contributed by atoms with Crippen LogP contribution in [0.4, 0.5) is 0 Å². The second-order valence-corrected chi connectivity index (χ2v) is 6.14. The minimum atomic E-state index is 0.264. The van der Waals surface area contributed by atoms with Gasteiger partial charge in [0, 0.05) is 11.4 Å². The summed E-state index contributed by atoms with van der Waals surface area (Å²) in [5, 5.41) is 4.73. The van der Waals surface area contributed by atoms with E-state index in [4.69, 9.17) is 4.42 Å². The number of hydrogen-bond donors (Lipinski definition) is 1. The summed E-state index contributed by atoms with van der Waals surface area (Å²) in [7, 11) is 2.19. The second-order valence-electron chi connectivity index (χ2n) is 6.14. The van der Waals surface area contributed by atoms with Gasteiger partial charge in [-0.05, 0) is 65.9 Å². The molecule has 2 rings (SSSR count). The van der Waals surface area contributed by atoms with Gasteiger partial charge in [0.15, 0.2) is 0 Å². The SMILES string of the molecule is CC(NCCCCN(C)C(C)C)c1cc2ccccc2o1. The van der Waals surface area contributed by atoms with E-state index >= 15 is 0 Å². The number of rotatable bonds is 8. The summed E-state index contributed by atoms with van der Waals surface area (Å²) in [4.78, 5) is 2.39. The number of fused-ring (bicyclic) bond motifs is 1. The number of para-hydroxylation sites is 1. The zero-order valence-electron chi connectivity index (χ0n) is 13.7. The molecule has 0 saturated heterocycles. The monoisotopic (exact) mass is 288 g/mol. The number of nitrogens with one attached hydrogen (secondary N) is 1. The Hall–Kier alpha value is -1.32. The Kier molecular flexibility index (Phi) is 5.83. The van der Waals surface area contributed by atoms with Gasteiger partial charge in [-0.1, -0.05) is 18.2 Å². The maximum atomic E-state index is 5.89. The molecule has 1 atom stereocenters. The molecule has 0 saturated carbocycles. The summed E-state index contributed by atoms with van der Waals surface area (Å²) in [6.07, 6.45) is 2.43. The van der Waals surface area contributed by atoms with Gasteiger partial charge in [-0.25, -0.2) is 0 Å². The van der Waals surface area contributed by atoms with Gasteiger partial charge < -0.3 is 14.6 Å². The van der Waals surface area contributed by atoms with Crippen LogP contribution in [0.15, 0.2) is 34.7 Å². The van der Waals surface area contributed by atoms with Crippen molar-refractivity contribution in [2.75, 3.05) is 20.1 Å². The molecular formula is C18H28N2O. The molecule has 0 amide bonds. The smallest absolute Gasteiger partial charge is 0.134 e. The third-order valence-electron chi connectivity index (χ3n) is 4.14. The number of hydrogen-bond acceptors (Lipinski definition) is 3. The van der Waals surface area contributed by atoms with E-state index in [9.17, 15) is 0 Å². The summed E-state index contributed by atoms with van der Waals surface area (Å²) in [6.45, 7) is 8.84. The van der Waals surface area contributed by atoms with Gasteiger partial charge in [-0.2, -0.15) is 0 Å². The zero-order valence-corrected chi connectivity index (χ0v) is 13.7. The van der Waals surface area contributed by atoms with Crippen molar-refractivity contribution in [2.45, 2.75) is 45.7 Å². The fourth-order valence-electron chi connectivity index (χ4n) is 2.38. The van der Waals surface area contributed by atoms with Crippen LogP contribution in [0.1, 0.15) is 45.4 Å². The average Bonchev–Trinajstić information content (AvgIpc) is 2.90. The predicted molar refractivity (Wildman–Crippen MR) is 89.6 cm³/mol. The molecule has 0 aliphatic carbocycles. The van der Waals surface area contributed by atoms with E-state index in [1.807, 2.05) is 18.2 Å². The standard InChI is InChI=1S/C18H28N2O/c1-14(2)20(4)12-8-7-11-19-15(3)18-13-16-9-5-6-10-17(16)21-18/h5-6,9-10,13-15,19H,7-8,11-12H2,1-4H3. The topological polar surface area (TPSA) is 28.4 Å².